The summed E-state index contributed by atoms with van der Waals surface area (Å²) in [6.45, 7) is 9.14. The number of unbranched alkanes of at least 4 members (excludes halogenated alkanes) is 8. The molecular formula is C22H43NO5. The molecule has 0 aromatic heterocycles. The number of carbonyl (C=O) groups excluding carboxylic acids is 2. The molecule has 28 heavy (non-hydrogen) atoms. The van der Waals surface area contributed by atoms with Gasteiger partial charge in [-0.2, -0.15) is 0 Å². The maximum atomic E-state index is 11.8. The van der Waals surface area contributed by atoms with E-state index >= 15 is 0 Å². The van der Waals surface area contributed by atoms with Gasteiger partial charge in [0.25, 0.3) is 0 Å². The molecule has 0 saturated carbocycles. The van der Waals surface area contributed by atoms with E-state index in [1.54, 1.807) is 7.05 Å². The molecule has 0 aliphatic heterocycles. The summed E-state index contributed by atoms with van der Waals surface area (Å²) < 4.78 is 15.8. The van der Waals surface area contributed by atoms with Crippen LogP contribution in [0.4, 0.5) is 4.79 Å². The van der Waals surface area contributed by atoms with E-state index in [9.17, 15) is 9.59 Å². The maximum Gasteiger partial charge on any atom is 0.410 e. The van der Waals surface area contributed by atoms with Crippen molar-refractivity contribution in [2.45, 2.75) is 97.5 Å². The molecule has 166 valence electrons. The van der Waals surface area contributed by atoms with E-state index < -0.39 is 5.60 Å². The number of nitrogens with zero attached hydrogens (tertiary/aromatic N) is 1. The van der Waals surface area contributed by atoms with Crippen LogP contribution in [0.1, 0.15) is 91.9 Å². The second-order valence-corrected chi connectivity index (χ2v) is 8.31. The molecule has 0 unspecified atom stereocenters. The van der Waals surface area contributed by atoms with Crippen molar-refractivity contribution in [3.8, 4) is 0 Å². The summed E-state index contributed by atoms with van der Waals surface area (Å²) in [4.78, 5) is 24.9. The predicted octanol–water partition coefficient (Wildman–Crippen LogP) is 5.33. The zero-order valence-electron chi connectivity index (χ0n) is 18.9. The summed E-state index contributed by atoms with van der Waals surface area (Å²) in [7, 11) is 1.67. The lowest BCUT2D eigenvalue weighted by atomic mass is 10.1. The van der Waals surface area contributed by atoms with Gasteiger partial charge in [0.2, 0.25) is 0 Å². The van der Waals surface area contributed by atoms with Crippen LogP contribution in [-0.2, 0) is 19.0 Å². The van der Waals surface area contributed by atoms with E-state index in [0.717, 1.165) is 12.8 Å². The standard InChI is InChI=1S/C22H43NO5/c1-6-7-8-9-10-11-12-13-14-15-20(24)27-19-18-26-17-16-23(5)21(25)28-22(2,3)4/h6-19H2,1-5H3. The molecule has 0 atom stereocenters. The number of hydrogen-bond donors (Lipinski definition) is 0. The first-order chi connectivity index (χ1) is 13.3. The molecule has 0 aromatic carbocycles. The Morgan fingerprint density at radius 3 is 1.96 bits per heavy atom. The van der Waals surface area contributed by atoms with Crippen molar-refractivity contribution in [2.75, 3.05) is 33.4 Å². The van der Waals surface area contributed by atoms with Crippen LogP contribution in [0.2, 0.25) is 0 Å². The SMILES string of the molecule is CCCCCCCCCCCC(=O)OCCOCCN(C)C(=O)OC(C)(C)C. The lowest BCUT2D eigenvalue weighted by Crippen LogP contribution is -2.36. The van der Waals surface area contributed by atoms with Crippen LogP contribution in [0, 0.1) is 0 Å². The smallest absolute Gasteiger partial charge is 0.410 e. The van der Waals surface area contributed by atoms with E-state index in [4.69, 9.17) is 14.2 Å². The fraction of sp³-hybridized carbons (Fsp3) is 0.909. The number of hydrogen-bond acceptors (Lipinski definition) is 5. The van der Waals surface area contributed by atoms with Gasteiger partial charge >= 0.3 is 12.1 Å². The van der Waals surface area contributed by atoms with Crippen molar-refractivity contribution in [3.05, 3.63) is 0 Å². The van der Waals surface area contributed by atoms with Crippen molar-refractivity contribution >= 4 is 12.1 Å². The zero-order valence-corrected chi connectivity index (χ0v) is 18.9. The van der Waals surface area contributed by atoms with Crippen LogP contribution in [0.15, 0.2) is 0 Å². The van der Waals surface area contributed by atoms with Crippen molar-refractivity contribution in [2.24, 2.45) is 0 Å². The van der Waals surface area contributed by atoms with Gasteiger partial charge in [-0.1, -0.05) is 58.3 Å². The van der Waals surface area contributed by atoms with Crippen LogP contribution in [0.5, 0.6) is 0 Å². The average molecular weight is 402 g/mol. The molecule has 0 fully saturated rings. The predicted molar refractivity (Wildman–Crippen MR) is 112 cm³/mol. The largest absolute Gasteiger partial charge is 0.463 e. The number of ether oxygens (including phenoxy) is 3. The van der Waals surface area contributed by atoms with Gasteiger partial charge in [-0.05, 0) is 27.2 Å². The van der Waals surface area contributed by atoms with Crippen LogP contribution >= 0.6 is 0 Å². The van der Waals surface area contributed by atoms with Crippen LogP contribution in [0.3, 0.4) is 0 Å². The van der Waals surface area contributed by atoms with Crippen molar-refractivity contribution in [3.63, 3.8) is 0 Å². The molecule has 1 amide bonds. The van der Waals surface area contributed by atoms with Gasteiger partial charge in [0.1, 0.15) is 12.2 Å². The molecule has 0 aliphatic carbocycles. The van der Waals surface area contributed by atoms with Gasteiger partial charge in [0.05, 0.1) is 13.2 Å². The number of esters is 1. The Kier molecular flexibility index (Phi) is 15.9. The molecule has 0 bridgehead atoms. The highest BCUT2D eigenvalue weighted by Crippen LogP contribution is 2.11. The molecule has 0 heterocycles. The highest BCUT2D eigenvalue weighted by molar-refractivity contribution is 5.69. The van der Waals surface area contributed by atoms with E-state index in [-0.39, 0.29) is 18.7 Å². The van der Waals surface area contributed by atoms with Crippen LogP contribution in [0.25, 0.3) is 0 Å². The van der Waals surface area contributed by atoms with Gasteiger partial charge in [-0.3, -0.25) is 4.79 Å². The highest BCUT2D eigenvalue weighted by Gasteiger charge is 2.19. The highest BCUT2D eigenvalue weighted by atomic mass is 16.6. The number of amides is 1. The Hall–Kier alpha value is -1.30. The third-order valence-electron chi connectivity index (χ3n) is 4.25. The van der Waals surface area contributed by atoms with E-state index in [1.165, 1.54) is 49.8 Å². The Morgan fingerprint density at radius 1 is 0.821 bits per heavy atom. The topological polar surface area (TPSA) is 65.1 Å². The molecule has 0 saturated heterocycles. The molecule has 0 rings (SSSR count). The summed E-state index contributed by atoms with van der Waals surface area (Å²) in [6, 6.07) is 0. The summed E-state index contributed by atoms with van der Waals surface area (Å²) in [5.41, 5.74) is -0.505. The summed E-state index contributed by atoms with van der Waals surface area (Å²) in [5.74, 6) is -0.155. The van der Waals surface area contributed by atoms with E-state index in [1.807, 2.05) is 20.8 Å². The zero-order chi connectivity index (χ0) is 21.3. The maximum absolute atomic E-state index is 11.8. The first-order valence-corrected chi connectivity index (χ1v) is 10.9. The Bertz CT molecular complexity index is 406. The minimum atomic E-state index is -0.505. The molecule has 6 nitrogen and oxygen atoms in total. The second-order valence-electron chi connectivity index (χ2n) is 8.31. The number of rotatable bonds is 16. The van der Waals surface area contributed by atoms with Gasteiger partial charge in [-0.15, -0.1) is 0 Å². The summed E-state index contributed by atoms with van der Waals surface area (Å²) in [6.07, 6.45) is 11.2. The molecule has 0 spiro atoms. The Labute approximate surface area is 172 Å². The van der Waals surface area contributed by atoms with Crippen molar-refractivity contribution in [1.29, 1.82) is 0 Å². The first-order valence-electron chi connectivity index (χ1n) is 10.9. The molecule has 0 aromatic rings. The third-order valence-corrected chi connectivity index (χ3v) is 4.25. The van der Waals surface area contributed by atoms with Gasteiger partial charge in [0, 0.05) is 20.0 Å². The fourth-order valence-corrected chi connectivity index (χ4v) is 2.60. The molecule has 0 aliphatic rings. The number of carbonyl (C=O) groups is 2. The molecule has 0 N–H and O–H groups in total. The van der Waals surface area contributed by atoms with Gasteiger partial charge in [0.15, 0.2) is 0 Å². The monoisotopic (exact) mass is 401 g/mol. The van der Waals surface area contributed by atoms with Gasteiger partial charge < -0.3 is 19.1 Å². The summed E-state index contributed by atoms with van der Waals surface area (Å²) >= 11 is 0. The van der Waals surface area contributed by atoms with Crippen LogP contribution < -0.4 is 0 Å². The van der Waals surface area contributed by atoms with Crippen molar-refractivity contribution in [1.82, 2.24) is 4.90 Å². The summed E-state index contributed by atoms with van der Waals surface area (Å²) in [5, 5.41) is 0. The molecular weight excluding hydrogens is 358 g/mol. The average Bonchev–Trinajstić information content (AvgIpc) is 2.61. The lowest BCUT2D eigenvalue weighted by Gasteiger charge is -2.24. The third kappa shape index (κ3) is 18.1. The van der Waals surface area contributed by atoms with Gasteiger partial charge in [-0.25, -0.2) is 4.79 Å². The Balaban J connectivity index is 3.45. The van der Waals surface area contributed by atoms with E-state index in [2.05, 4.69) is 6.92 Å². The lowest BCUT2D eigenvalue weighted by molar-refractivity contribution is -0.145. The quantitative estimate of drug-likeness (QED) is 0.258. The second kappa shape index (κ2) is 16.6. The number of likely N-dealkylation sites (N-methyl/N-ethyl adjacent to an activating group) is 1. The first kappa shape index (κ1) is 26.7. The minimum absolute atomic E-state index is 0.155. The fourth-order valence-electron chi connectivity index (χ4n) is 2.60. The van der Waals surface area contributed by atoms with Crippen LogP contribution in [-0.4, -0.2) is 56.0 Å². The van der Waals surface area contributed by atoms with E-state index in [0.29, 0.717) is 26.2 Å². The minimum Gasteiger partial charge on any atom is -0.463 e. The normalized spacial score (nSPS) is 11.3. The Morgan fingerprint density at radius 2 is 1.39 bits per heavy atom. The molecule has 0 radical (unpaired) electrons. The molecule has 6 heteroatoms. The van der Waals surface area contributed by atoms with Crippen molar-refractivity contribution < 1.29 is 23.8 Å².